The largest absolute Gasteiger partial charge is 0.465 e. The Labute approximate surface area is 167 Å². The highest BCUT2D eigenvalue weighted by molar-refractivity contribution is 5.99. The van der Waals surface area contributed by atoms with Crippen LogP contribution in [0, 0.1) is 6.92 Å². The number of methoxy groups -OCH3 is 1. The second-order valence-corrected chi connectivity index (χ2v) is 7.19. The number of esters is 1. The Morgan fingerprint density at radius 3 is 2.52 bits per heavy atom. The molecule has 0 saturated carbocycles. The van der Waals surface area contributed by atoms with Crippen LogP contribution in [0.15, 0.2) is 51.7 Å². The molecule has 0 saturated heterocycles. The summed E-state index contributed by atoms with van der Waals surface area (Å²) < 4.78 is 10.6. The van der Waals surface area contributed by atoms with Crippen LogP contribution in [0.2, 0.25) is 0 Å². The highest BCUT2D eigenvalue weighted by Crippen LogP contribution is 2.38. The molecule has 0 radical (unpaired) electrons. The molecule has 0 fully saturated rings. The Hall–Kier alpha value is -3.41. The molecule has 2 heterocycles. The normalized spacial score (nSPS) is 15.6. The number of nitrogens with zero attached hydrogens (tertiary/aromatic N) is 1. The molecule has 0 spiro atoms. The Bertz CT molecular complexity index is 1180. The molecule has 0 aliphatic carbocycles. The minimum atomic E-state index is -0.551. The van der Waals surface area contributed by atoms with Crippen molar-refractivity contribution in [2.75, 3.05) is 13.7 Å². The van der Waals surface area contributed by atoms with E-state index in [4.69, 9.17) is 9.15 Å². The molecule has 6 heteroatoms. The Morgan fingerprint density at radius 2 is 1.86 bits per heavy atom. The fourth-order valence-electron chi connectivity index (χ4n) is 3.87. The molecule has 3 aromatic rings. The van der Waals surface area contributed by atoms with Gasteiger partial charge in [-0.15, -0.1) is 0 Å². The molecule has 4 rings (SSSR count). The summed E-state index contributed by atoms with van der Waals surface area (Å²) in [5.41, 5.74) is 2.66. The third kappa shape index (κ3) is 3.01. The van der Waals surface area contributed by atoms with Gasteiger partial charge in [-0.25, -0.2) is 4.79 Å². The molecule has 148 valence electrons. The van der Waals surface area contributed by atoms with Crippen molar-refractivity contribution in [3.8, 4) is 0 Å². The summed E-state index contributed by atoms with van der Waals surface area (Å²) in [5, 5.41) is 0.464. The molecular formula is C23H21NO5. The van der Waals surface area contributed by atoms with Crippen LogP contribution in [0.4, 0.5) is 0 Å². The van der Waals surface area contributed by atoms with Gasteiger partial charge in [0.2, 0.25) is 5.76 Å². The maximum Gasteiger partial charge on any atom is 0.337 e. The maximum absolute atomic E-state index is 13.4. The monoisotopic (exact) mass is 391 g/mol. The zero-order chi connectivity index (χ0) is 20.7. The van der Waals surface area contributed by atoms with Gasteiger partial charge in [-0.05, 0) is 43.2 Å². The number of carbonyl (C=O) groups is 2. The van der Waals surface area contributed by atoms with E-state index in [1.165, 1.54) is 7.11 Å². The first-order valence-corrected chi connectivity index (χ1v) is 9.52. The molecule has 1 aromatic heterocycles. The van der Waals surface area contributed by atoms with Crippen molar-refractivity contribution in [1.82, 2.24) is 4.90 Å². The number of amides is 1. The van der Waals surface area contributed by atoms with Gasteiger partial charge in [0.05, 0.1) is 29.7 Å². The molecule has 6 nitrogen and oxygen atoms in total. The first kappa shape index (κ1) is 18.9. The van der Waals surface area contributed by atoms with Gasteiger partial charge in [-0.1, -0.05) is 30.7 Å². The van der Waals surface area contributed by atoms with Crippen molar-refractivity contribution in [3.63, 3.8) is 0 Å². The number of fused-ring (bicyclic) bond motifs is 2. The smallest absolute Gasteiger partial charge is 0.337 e. The van der Waals surface area contributed by atoms with E-state index in [0.29, 0.717) is 28.6 Å². The van der Waals surface area contributed by atoms with Gasteiger partial charge in [0.1, 0.15) is 5.58 Å². The third-order valence-electron chi connectivity index (χ3n) is 5.23. The summed E-state index contributed by atoms with van der Waals surface area (Å²) in [4.78, 5) is 39.8. The van der Waals surface area contributed by atoms with E-state index in [1.807, 2.05) is 19.9 Å². The van der Waals surface area contributed by atoms with E-state index in [1.54, 1.807) is 41.3 Å². The number of rotatable bonds is 4. The summed E-state index contributed by atoms with van der Waals surface area (Å²) in [6.45, 7) is 4.37. The van der Waals surface area contributed by atoms with Crippen LogP contribution >= 0.6 is 0 Å². The van der Waals surface area contributed by atoms with Crippen LogP contribution < -0.4 is 5.43 Å². The van der Waals surface area contributed by atoms with E-state index in [-0.39, 0.29) is 17.1 Å². The highest BCUT2D eigenvalue weighted by atomic mass is 16.5. The summed E-state index contributed by atoms with van der Waals surface area (Å²) in [6.07, 6.45) is 0.739. The predicted molar refractivity (Wildman–Crippen MR) is 108 cm³/mol. The lowest BCUT2D eigenvalue weighted by Gasteiger charge is -2.24. The standard InChI is InChI=1S/C23H21NO5/c1-4-11-24-19(14-6-8-15(9-7-14)23(27)28-3)18-20(25)16-12-13(2)5-10-17(16)29-21(18)22(24)26/h5-10,12,19H,4,11H2,1-3H3/t19-/m1/s1. The number of carbonyl (C=O) groups excluding carboxylic acids is 2. The highest BCUT2D eigenvalue weighted by Gasteiger charge is 2.42. The quantitative estimate of drug-likeness (QED) is 0.632. The summed E-state index contributed by atoms with van der Waals surface area (Å²) in [7, 11) is 1.32. The molecular weight excluding hydrogens is 370 g/mol. The minimum absolute atomic E-state index is 0.0989. The number of ether oxygens (including phenoxy) is 1. The van der Waals surface area contributed by atoms with Gasteiger partial charge in [-0.2, -0.15) is 0 Å². The van der Waals surface area contributed by atoms with Gasteiger partial charge in [0, 0.05) is 6.54 Å². The van der Waals surface area contributed by atoms with Crippen LogP contribution in [0.1, 0.15) is 57.0 Å². The first-order chi connectivity index (χ1) is 14.0. The molecule has 0 N–H and O–H groups in total. The molecule has 29 heavy (non-hydrogen) atoms. The lowest BCUT2D eigenvalue weighted by atomic mass is 9.97. The average Bonchev–Trinajstić information content (AvgIpc) is 3.01. The Morgan fingerprint density at radius 1 is 1.14 bits per heavy atom. The number of aryl methyl sites for hydroxylation is 1. The van der Waals surface area contributed by atoms with Crippen molar-refractivity contribution in [2.24, 2.45) is 0 Å². The number of hydrogen-bond acceptors (Lipinski definition) is 5. The van der Waals surface area contributed by atoms with Crippen LogP contribution in [0.3, 0.4) is 0 Å². The van der Waals surface area contributed by atoms with Crippen LogP contribution in [-0.4, -0.2) is 30.4 Å². The molecule has 2 aromatic carbocycles. The van der Waals surface area contributed by atoms with E-state index >= 15 is 0 Å². The third-order valence-corrected chi connectivity index (χ3v) is 5.23. The maximum atomic E-state index is 13.4. The Balaban J connectivity index is 1.92. The van der Waals surface area contributed by atoms with Gasteiger partial charge >= 0.3 is 5.97 Å². The second kappa shape index (κ2) is 7.20. The number of hydrogen-bond donors (Lipinski definition) is 0. The molecule has 1 aliphatic heterocycles. The van der Waals surface area contributed by atoms with E-state index in [9.17, 15) is 14.4 Å². The van der Waals surface area contributed by atoms with Gasteiger partial charge in [0.15, 0.2) is 5.43 Å². The summed E-state index contributed by atoms with van der Waals surface area (Å²) >= 11 is 0. The fraction of sp³-hybridized carbons (Fsp3) is 0.261. The van der Waals surface area contributed by atoms with Gasteiger partial charge < -0.3 is 14.1 Å². The number of benzene rings is 2. The van der Waals surface area contributed by atoms with Crippen molar-refractivity contribution in [2.45, 2.75) is 26.3 Å². The molecule has 1 aliphatic rings. The van der Waals surface area contributed by atoms with Crippen molar-refractivity contribution in [3.05, 3.63) is 80.7 Å². The zero-order valence-corrected chi connectivity index (χ0v) is 16.5. The molecule has 0 unspecified atom stereocenters. The minimum Gasteiger partial charge on any atom is -0.465 e. The fourth-order valence-corrected chi connectivity index (χ4v) is 3.87. The van der Waals surface area contributed by atoms with Crippen LogP contribution in [0.5, 0.6) is 0 Å². The molecule has 1 atom stereocenters. The summed E-state index contributed by atoms with van der Waals surface area (Å²) in [6, 6.07) is 11.6. The second-order valence-electron chi connectivity index (χ2n) is 7.19. The zero-order valence-electron chi connectivity index (χ0n) is 16.5. The predicted octanol–water partition coefficient (Wildman–Crippen LogP) is 3.84. The summed E-state index contributed by atoms with van der Waals surface area (Å²) in [5.74, 6) is -0.629. The van der Waals surface area contributed by atoms with Gasteiger partial charge in [-0.3, -0.25) is 9.59 Å². The lowest BCUT2D eigenvalue weighted by Crippen LogP contribution is -2.30. The van der Waals surface area contributed by atoms with E-state index in [2.05, 4.69) is 0 Å². The van der Waals surface area contributed by atoms with Gasteiger partial charge in [0.25, 0.3) is 5.91 Å². The van der Waals surface area contributed by atoms with Crippen molar-refractivity contribution >= 4 is 22.8 Å². The average molecular weight is 391 g/mol. The van der Waals surface area contributed by atoms with Crippen LogP contribution in [0.25, 0.3) is 11.0 Å². The Kier molecular flexibility index (Phi) is 4.70. The molecule has 0 bridgehead atoms. The topological polar surface area (TPSA) is 76.8 Å². The lowest BCUT2D eigenvalue weighted by molar-refractivity contribution is 0.0600. The van der Waals surface area contributed by atoms with Crippen molar-refractivity contribution in [1.29, 1.82) is 0 Å². The van der Waals surface area contributed by atoms with Crippen LogP contribution in [-0.2, 0) is 4.74 Å². The van der Waals surface area contributed by atoms with Crippen molar-refractivity contribution < 1.29 is 18.7 Å². The first-order valence-electron chi connectivity index (χ1n) is 9.52. The SMILES string of the molecule is CCCN1C(=O)c2oc3ccc(C)cc3c(=O)c2[C@H]1c1ccc(C(=O)OC)cc1. The van der Waals surface area contributed by atoms with E-state index < -0.39 is 12.0 Å². The molecule has 1 amide bonds. The van der Waals surface area contributed by atoms with E-state index in [0.717, 1.165) is 17.5 Å².